The molecule has 0 radical (unpaired) electrons. The number of nitro benzene ring substituents is 1. The first kappa shape index (κ1) is 14.3. The van der Waals surface area contributed by atoms with Crippen LogP contribution in [0.5, 0.6) is 0 Å². The highest BCUT2D eigenvalue weighted by Gasteiger charge is 2.21. The van der Waals surface area contributed by atoms with Crippen molar-refractivity contribution in [2.45, 2.75) is 20.0 Å². The van der Waals surface area contributed by atoms with Crippen LogP contribution in [0.4, 0.5) is 20.2 Å². The van der Waals surface area contributed by atoms with Crippen molar-refractivity contribution >= 4 is 11.4 Å². The average molecular weight is 260 g/mol. The predicted octanol–water partition coefficient (Wildman–Crippen LogP) is 2.71. The van der Waals surface area contributed by atoms with Gasteiger partial charge in [0, 0.05) is 12.6 Å². The molecule has 0 aromatic heterocycles. The number of ether oxygens (including phenoxy) is 1. The Morgan fingerprint density at radius 1 is 1.44 bits per heavy atom. The minimum absolute atomic E-state index is 0.000794. The Morgan fingerprint density at radius 2 is 2.11 bits per heavy atom. The minimum Gasteiger partial charge on any atom is -0.377 e. The number of hydrogen-bond acceptors (Lipinski definition) is 4. The summed E-state index contributed by atoms with van der Waals surface area (Å²) in [5, 5.41) is 13.1. The molecule has 0 bridgehead atoms. The third kappa shape index (κ3) is 3.63. The number of rotatable bonds is 6. The summed E-state index contributed by atoms with van der Waals surface area (Å²) < 4.78 is 31.6. The topological polar surface area (TPSA) is 64.4 Å². The molecule has 18 heavy (non-hydrogen) atoms. The van der Waals surface area contributed by atoms with E-state index in [-0.39, 0.29) is 19.3 Å². The van der Waals surface area contributed by atoms with E-state index < -0.39 is 27.9 Å². The third-order valence-electron chi connectivity index (χ3n) is 2.12. The molecule has 0 saturated heterocycles. The molecule has 0 fully saturated rings. The maximum Gasteiger partial charge on any atom is 0.295 e. The van der Waals surface area contributed by atoms with Gasteiger partial charge in [-0.1, -0.05) is 0 Å². The van der Waals surface area contributed by atoms with Crippen LogP contribution >= 0.6 is 0 Å². The van der Waals surface area contributed by atoms with Crippen LogP contribution < -0.4 is 5.32 Å². The standard InChI is InChI=1S/C11H14F2N2O3/c1-7(2)18-6-5-14-11-9(15(16)17)4-3-8(12)10(11)13/h3-4,7,14H,5-6H2,1-2H3. The molecule has 1 rings (SSSR count). The largest absolute Gasteiger partial charge is 0.377 e. The number of halogens is 2. The summed E-state index contributed by atoms with van der Waals surface area (Å²) in [7, 11) is 0. The van der Waals surface area contributed by atoms with Gasteiger partial charge in [0.1, 0.15) is 0 Å². The molecule has 1 aromatic carbocycles. The summed E-state index contributed by atoms with van der Waals surface area (Å²) in [4.78, 5) is 9.90. The predicted molar refractivity (Wildman–Crippen MR) is 62.6 cm³/mol. The second-order valence-electron chi connectivity index (χ2n) is 3.86. The molecular weight excluding hydrogens is 246 g/mol. The van der Waals surface area contributed by atoms with Crippen LogP contribution in [-0.4, -0.2) is 24.2 Å². The smallest absolute Gasteiger partial charge is 0.295 e. The van der Waals surface area contributed by atoms with Crippen LogP contribution in [0, 0.1) is 21.7 Å². The lowest BCUT2D eigenvalue weighted by Gasteiger charge is -2.10. The third-order valence-corrected chi connectivity index (χ3v) is 2.12. The van der Waals surface area contributed by atoms with E-state index in [0.29, 0.717) is 0 Å². The van der Waals surface area contributed by atoms with E-state index in [4.69, 9.17) is 4.74 Å². The van der Waals surface area contributed by atoms with E-state index in [2.05, 4.69) is 5.32 Å². The molecule has 1 aromatic rings. The maximum absolute atomic E-state index is 13.4. The van der Waals surface area contributed by atoms with Gasteiger partial charge in [-0.25, -0.2) is 8.78 Å². The van der Waals surface area contributed by atoms with Crippen molar-refractivity contribution in [3.8, 4) is 0 Å². The van der Waals surface area contributed by atoms with Crippen LogP contribution in [0.2, 0.25) is 0 Å². The lowest BCUT2D eigenvalue weighted by molar-refractivity contribution is -0.384. The molecule has 0 aliphatic rings. The molecule has 0 unspecified atom stereocenters. The van der Waals surface area contributed by atoms with Crippen LogP contribution in [0.25, 0.3) is 0 Å². The van der Waals surface area contributed by atoms with E-state index in [1.807, 2.05) is 13.8 Å². The first-order valence-electron chi connectivity index (χ1n) is 5.41. The Labute approximate surface area is 103 Å². The summed E-state index contributed by atoms with van der Waals surface area (Å²) in [6.45, 7) is 4.04. The zero-order valence-corrected chi connectivity index (χ0v) is 10.1. The van der Waals surface area contributed by atoms with Crippen molar-refractivity contribution in [1.82, 2.24) is 0 Å². The van der Waals surface area contributed by atoms with Gasteiger partial charge in [0.05, 0.1) is 17.6 Å². The first-order valence-corrected chi connectivity index (χ1v) is 5.41. The first-order chi connectivity index (χ1) is 8.43. The summed E-state index contributed by atoms with van der Waals surface area (Å²) in [5.41, 5.74) is -0.953. The molecule has 7 heteroatoms. The zero-order valence-electron chi connectivity index (χ0n) is 10.1. The Hall–Kier alpha value is -1.76. The summed E-state index contributed by atoms with van der Waals surface area (Å²) in [6.07, 6.45) is -0.000794. The molecule has 0 amide bonds. The van der Waals surface area contributed by atoms with Crippen molar-refractivity contribution < 1.29 is 18.4 Å². The van der Waals surface area contributed by atoms with E-state index >= 15 is 0 Å². The number of nitrogens with one attached hydrogen (secondary N) is 1. The quantitative estimate of drug-likeness (QED) is 0.485. The van der Waals surface area contributed by atoms with Crippen molar-refractivity contribution in [3.05, 3.63) is 33.9 Å². The Bertz CT molecular complexity index is 439. The SMILES string of the molecule is CC(C)OCCNc1c([N+](=O)[O-])ccc(F)c1F. The van der Waals surface area contributed by atoms with Crippen LogP contribution in [-0.2, 0) is 4.74 Å². The number of hydrogen-bond donors (Lipinski definition) is 1. The van der Waals surface area contributed by atoms with Crippen molar-refractivity contribution in [2.24, 2.45) is 0 Å². The van der Waals surface area contributed by atoms with Gasteiger partial charge in [0.25, 0.3) is 5.69 Å². The Morgan fingerprint density at radius 3 is 2.67 bits per heavy atom. The lowest BCUT2D eigenvalue weighted by Crippen LogP contribution is -2.15. The van der Waals surface area contributed by atoms with Gasteiger partial charge in [-0.3, -0.25) is 10.1 Å². The second-order valence-corrected chi connectivity index (χ2v) is 3.86. The average Bonchev–Trinajstić information content (AvgIpc) is 2.29. The highest BCUT2D eigenvalue weighted by Crippen LogP contribution is 2.28. The summed E-state index contributed by atoms with van der Waals surface area (Å²) in [6, 6.07) is 1.65. The normalized spacial score (nSPS) is 10.7. The fraction of sp³-hybridized carbons (Fsp3) is 0.455. The molecule has 0 aliphatic heterocycles. The van der Waals surface area contributed by atoms with Gasteiger partial charge in [0.15, 0.2) is 17.3 Å². The molecule has 1 N–H and O–H groups in total. The van der Waals surface area contributed by atoms with E-state index in [1.165, 1.54) is 0 Å². The lowest BCUT2D eigenvalue weighted by atomic mass is 10.2. The summed E-state index contributed by atoms with van der Waals surface area (Å²) in [5.74, 6) is -2.39. The highest BCUT2D eigenvalue weighted by molar-refractivity contribution is 5.62. The Balaban J connectivity index is 2.79. The number of anilines is 1. The monoisotopic (exact) mass is 260 g/mol. The zero-order chi connectivity index (χ0) is 13.7. The molecule has 0 spiro atoms. The van der Waals surface area contributed by atoms with Crippen LogP contribution in [0.3, 0.4) is 0 Å². The highest BCUT2D eigenvalue weighted by atomic mass is 19.2. The van der Waals surface area contributed by atoms with E-state index in [1.54, 1.807) is 0 Å². The van der Waals surface area contributed by atoms with Gasteiger partial charge < -0.3 is 10.1 Å². The molecular formula is C11H14F2N2O3. The summed E-state index contributed by atoms with van der Waals surface area (Å²) >= 11 is 0. The molecule has 0 atom stereocenters. The minimum atomic E-state index is -1.26. The van der Waals surface area contributed by atoms with Gasteiger partial charge in [-0.15, -0.1) is 0 Å². The fourth-order valence-corrected chi connectivity index (χ4v) is 1.33. The van der Waals surface area contributed by atoms with Crippen LogP contribution in [0.1, 0.15) is 13.8 Å². The van der Waals surface area contributed by atoms with Crippen LogP contribution in [0.15, 0.2) is 12.1 Å². The van der Waals surface area contributed by atoms with E-state index in [9.17, 15) is 18.9 Å². The van der Waals surface area contributed by atoms with Gasteiger partial charge in [-0.2, -0.15) is 0 Å². The van der Waals surface area contributed by atoms with Gasteiger partial charge >= 0.3 is 0 Å². The van der Waals surface area contributed by atoms with Gasteiger partial charge in [0.2, 0.25) is 0 Å². The molecule has 0 saturated carbocycles. The van der Waals surface area contributed by atoms with Gasteiger partial charge in [-0.05, 0) is 19.9 Å². The fourth-order valence-electron chi connectivity index (χ4n) is 1.33. The molecule has 100 valence electrons. The molecule has 5 nitrogen and oxygen atoms in total. The van der Waals surface area contributed by atoms with E-state index in [0.717, 1.165) is 12.1 Å². The Kier molecular flexibility index (Phi) is 4.96. The second kappa shape index (κ2) is 6.25. The maximum atomic E-state index is 13.4. The molecule has 0 aliphatic carbocycles. The number of nitrogens with zero attached hydrogens (tertiary/aromatic N) is 1. The number of nitro groups is 1. The van der Waals surface area contributed by atoms with Crippen molar-refractivity contribution in [3.63, 3.8) is 0 Å². The number of benzene rings is 1. The molecule has 0 heterocycles. The van der Waals surface area contributed by atoms with Crippen molar-refractivity contribution in [1.29, 1.82) is 0 Å². The van der Waals surface area contributed by atoms with Crippen molar-refractivity contribution in [2.75, 3.05) is 18.5 Å².